The van der Waals surface area contributed by atoms with Crippen molar-refractivity contribution in [3.05, 3.63) is 66.3 Å². The van der Waals surface area contributed by atoms with Gasteiger partial charge in [-0.15, -0.1) is 0 Å². The molecule has 3 rings (SSSR count). The molecule has 0 N–H and O–H groups in total. The standard InChI is InChI=1S/C20H16Cl2INO4/c1-10-6-11(21)7-17-14(10)8-12(24(17)20(26)28-3)9-15-16(22)5-4-13(18(15)23)19(25)27-2/h4-8H,9H2,1-3H3. The maximum absolute atomic E-state index is 12.5. The van der Waals surface area contributed by atoms with E-state index in [9.17, 15) is 9.59 Å². The van der Waals surface area contributed by atoms with Gasteiger partial charge in [0.05, 0.1) is 25.3 Å². The van der Waals surface area contributed by atoms with Crippen LogP contribution in [-0.4, -0.2) is 30.8 Å². The summed E-state index contributed by atoms with van der Waals surface area (Å²) < 4.78 is 12.0. The third kappa shape index (κ3) is 3.73. The fraction of sp³-hybridized carbons (Fsp3) is 0.200. The number of esters is 1. The van der Waals surface area contributed by atoms with Gasteiger partial charge in [0.25, 0.3) is 0 Å². The molecule has 0 atom stereocenters. The minimum Gasteiger partial charge on any atom is -0.465 e. The second kappa shape index (κ2) is 8.31. The highest BCUT2D eigenvalue weighted by atomic mass is 127. The molecular weight excluding hydrogens is 516 g/mol. The molecule has 0 bridgehead atoms. The summed E-state index contributed by atoms with van der Waals surface area (Å²) in [6, 6.07) is 8.75. The summed E-state index contributed by atoms with van der Waals surface area (Å²) in [6.45, 7) is 1.92. The van der Waals surface area contributed by atoms with Crippen LogP contribution in [0.3, 0.4) is 0 Å². The van der Waals surface area contributed by atoms with E-state index in [1.54, 1.807) is 18.2 Å². The molecule has 146 valence electrons. The minimum absolute atomic E-state index is 0.322. The highest BCUT2D eigenvalue weighted by molar-refractivity contribution is 14.1. The van der Waals surface area contributed by atoms with Crippen LogP contribution in [0.4, 0.5) is 4.79 Å². The molecule has 2 aromatic carbocycles. The maximum Gasteiger partial charge on any atom is 0.418 e. The number of carbonyl (C=O) groups is 2. The van der Waals surface area contributed by atoms with Crippen LogP contribution in [0.2, 0.25) is 10.0 Å². The molecule has 0 radical (unpaired) electrons. The van der Waals surface area contributed by atoms with Gasteiger partial charge >= 0.3 is 12.1 Å². The Morgan fingerprint density at radius 3 is 2.46 bits per heavy atom. The Balaban J connectivity index is 2.22. The predicted molar refractivity (Wildman–Crippen MR) is 118 cm³/mol. The van der Waals surface area contributed by atoms with E-state index in [4.69, 9.17) is 32.7 Å². The minimum atomic E-state index is -0.526. The number of fused-ring (bicyclic) bond motifs is 1. The van der Waals surface area contributed by atoms with Gasteiger partial charge < -0.3 is 9.47 Å². The zero-order chi connectivity index (χ0) is 20.6. The first kappa shape index (κ1) is 21.0. The number of aryl methyl sites for hydroxylation is 1. The van der Waals surface area contributed by atoms with E-state index in [2.05, 4.69) is 22.6 Å². The van der Waals surface area contributed by atoms with E-state index < -0.39 is 12.1 Å². The first-order valence-electron chi connectivity index (χ1n) is 8.22. The van der Waals surface area contributed by atoms with Gasteiger partial charge in [0.1, 0.15) is 0 Å². The van der Waals surface area contributed by atoms with Crippen molar-refractivity contribution in [1.82, 2.24) is 4.57 Å². The van der Waals surface area contributed by atoms with Crippen LogP contribution in [0.15, 0.2) is 30.3 Å². The van der Waals surface area contributed by atoms with Crippen molar-refractivity contribution in [3.8, 4) is 0 Å². The third-order valence-corrected chi connectivity index (χ3v) is 6.28. The van der Waals surface area contributed by atoms with Crippen molar-refractivity contribution in [3.63, 3.8) is 0 Å². The van der Waals surface area contributed by atoms with Crippen molar-refractivity contribution < 1.29 is 19.1 Å². The lowest BCUT2D eigenvalue weighted by molar-refractivity contribution is 0.0599. The highest BCUT2D eigenvalue weighted by Gasteiger charge is 2.22. The molecule has 0 saturated heterocycles. The number of benzene rings is 2. The Morgan fingerprint density at radius 1 is 1.11 bits per heavy atom. The van der Waals surface area contributed by atoms with Crippen LogP contribution in [-0.2, 0) is 15.9 Å². The molecular formula is C20H16Cl2INO4. The van der Waals surface area contributed by atoms with Crippen LogP contribution >= 0.6 is 45.8 Å². The molecule has 0 spiro atoms. The monoisotopic (exact) mass is 531 g/mol. The fourth-order valence-corrected chi connectivity index (χ4v) is 4.67. The predicted octanol–water partition coefficient (Wildman–Crippen LogP) is 5.85. The number of rotatable bonds is 3. The fourth-order valence-electron chi connectivity index (χ4n) is 3.14. The van der Waals surface area contributed by atoms with Gasteiger partial charge in [0.15, 0.2) is 0 Å². The van der Waals surface area contributed by atoms with E-state index in [-0.39, 0.29) is 0 Å². The molecule has 0 fully saturated rings. The molecule has 3 aromatic rings. The number of halogens is 3. The van der Waals surface area contributed by atoms with Crippen molar-refractivity contribution >= 4 is 68.8 Å². The molecule has 0 saturated carbocycles. The van der Waals surface area contributed by atoms with E-state index >= 15 is 0 Å². The van der Waals surface area contributed by atoms with E-state index in [1.165, 1.54) is 18.8 Å². The van der Waals surface area contributed by atoms with Gasteiger partial charge in [-0.3, -0.25) is 0 Å². The number of carbonyl (C=O) groups excluding carboxylic acids is 2. The van der Waals surface area contributed by atoms with E-state index in [1.807, 2.05) is 19.1 Å². The Hall–Kier alpha value is -1.77. The normalized spacial score (nSPS) is 10.9. The molecule has 28 heavy (non-hydrogen) atoms. The number of methoxy groups -OCH3 is 2. The molecule has 1 heterocycles. The van der Waals surface area contributed by atoms with Gasteiger partial charge in [-0.1, -0.05) is 23.2 Å². The zero-order valence-electron chi connectivity index (χ0n) is 15.3. The quantitative estimate of drug-likeness (QED) is 0.314. The van der Waals surface area contributed by atoms with Crippen molar-refractivity contribution in [2.45, 2.75) is 13.3 Å². The van der Waals surface area contributed by atoms with E-state index in [0.717, 1.165) is 16.5 Å². The number of aromatic nitrogens is 1. The number of ether oxygens (including phenoxy) is 2. The lowest BCUT2D eigenvalue weighted by Gasteiger charge is -2.13. The molecule has 0 aliphatic heterocycles. The molecule has 8 heteroatoms. The summed E-state index contributed by atoms with van der Waals surface area (Å²) in [5.74, 6) is -0.446. The van der Waals surface area contributed by atoms with Crippen LogP contribution < -0.4 is 0 Å². The van der Waals surface area contributed by atoms with Crippen molar-refractivity contribution in [2.24, 2.45) is 0 Å². The molecule has 0 aliphatic carbocycles. The number of hydrogen-bond donors (Lipinski definition) is 0. The average Bonchev–Trinajstić information content (AvgIpc) is 3.02. The Morgan fingerprint density at radius 2 is 1.82 bits per heavy atom. The van der Waals surface area contributed by atoms with Gasteiger partial charge in [0.2, 0.25) is 0 Å². The lowest BCUT2D eigenvalue weighted by Crippen LogP contribution is -2.15. The van der Waals surface area contributed by atoms with Crippen molar-refractivity contribution in [1.29, 1.82) is 0 Å². The summed E-state index contributed by atoms with van der Waals surface area (Å²) in [7, 11) is 2.65. The second-order valence-corrected chi connectivity index (χ2v) is 8.07. The number of hydrogen-bond acceptors (Lipinski definition) is 4. The Kier molecular flexibility index (Phi) is 6.21. The van der Waals surface area contributed by atoms with Crippen LogP contribution in [0, 0.1) is 10.5 Å². The van der Waals surface area contributed by atoms with E-state index in [0.29, 0.717) is 36.8 Å². The molecule has 0 unspecified atom stereocenters. The number of nitrogens with zero attached hydrogens (tertiary/aromatic N) is 1. The first-order valence-corrected chi connectivity index (χ1v) is 10.1. The van der Waals surface area contributed by atoms with Gasteiger partial charge in [-0.05, 0) is 71.0 Å². The topological polar surface area (TPSA) is 57.5 Å². The molecule has 5 nitrogen and oxygen atoms in total. The molecule has 0 amide bonds. The summed E-state index contributed by atoms with van der Waals surface area (Å²) >= 11 is 14.7. The first-order chi connectivity index (χ1) is 13.3. The summed E-state index contributed by atoms with van der Waals surface area (Å²) in [4.78, 5) is 24.5. The lowest BCUT2D eigenvalue weighted by atomic mass is 10.1. The smallest absolute Gasteiger partial charge is 0.418 e. The van der Waals surface area contributed by atoms with Gasteiger partial charge in [0, 0.05) is 31.1 Å². The van der Waals surface area contributed by atoms with Crippen LogP contribution in [0.1, 0.15) is 27.2 Å². The van der Waals surface area contributed by atoms with Crippen LogP contribution in [0.5, 0.6) is 0 Å². The second-order valence-electron chi connectivity index (χ2n) is 6.15. The Labute approximate surface area is 185 Å². The third-order valence-electron chi connectivity index (χ3n) is 4.48. The average molecular weight is 532 g/mol. The maximum atomic E-state index is 12.5. The SMILES string of the molecule is COC(=O)c1ccc(Cl)c(Cc2cc3c(C)cc(Cl)cc3n2C(=O)OC)c1I. The molecule has 0 aliphatic rings. The Bertz CT molecular complexity index is 1110. The van der Waals surface area contributed by atoms with Gasteiger partial charge in [-0.2, -0.15) is 0 Å². The zero-order valence-corrected chi connectivity index (χ0v) is 19.0. The summed E-state index contributed by atoms with van der Waals surface area (Å²) in [5.41, 5.74) is 3.41. The van der Waals surface area contributed by atoms with Gasteiger partial charge in [-0.25, -0.2) is 14.2 Å². The highest BCUT2D eigenvalue weighted by Crippen LogP contribution is 2.32. The van der Waals surface area contributed by atoms with Crippen molar-refractivity contribution in [2.75, 3.05) is 14.2 Å². The summed E-state index contributed by atoms with van der Waals surface area (Å²) in [5, 5.41) is 1.91. The largest absolute Gasteiger partial charge is 0.465 e. The summed E-state index contributed by atoms with van der Waals surface area (Å²) in [6.07, 6.45) is -0.204. The van der Waals surface area contributed by atoms with Crippen LogP contribution in [0.25, 0.3) is 10.9 Å². The molecule has 1 aromatic heterocycles.